The molecule has 0 radical (unpaired) electrons. The van der Waals surface area contributed by atoms with Crippen molar-refractivity contribution in [2.75, 3.05) is 17.8 Å². The Hall–Kier alpha value is -2.69. The summed E-state index contributed by atoms with van der Waals surface area (Å²) in [6.45, 7) is 1.21. The zero-order chi connectivity index (χ0) is 22.6. The third-order valence-electron chi connectivity index (χ3n) is 5.29. The third-order valence-corrected chi connectivity index (χ3v) is 8.75. The van der Waals surface area contributed by atoms with E-state index >= 15 is 0 Å². The highest BCUT2D eigenvalue weighted by atomic mass is 32.2. The normalized spacial score (nSPS) is 14.8. The molecule has 0 atom stereocenters. The van der Waals surface area contributed by atoms with Gasteiger partial charge in [0, 0.05) is 35.8 Å². The van der Waals surface area contributed by atoms with Crippen LogP contribution in [0.5, 0.6) is 0 Å². The highest BCUT2D eigenvalue weighted by molar-refractivity contribution is 7.94. The van der Waals surface area contributed by atoms with E-state index in [1.54, 1.807) is 47.8 Å². The van der Waals surface area contributed by atoms with Crippen LogP contribution in [0, 0.1) is 0 Å². The number of hydrogen-bond acceptors (Lipinski definition) is 6. The molecule has 1 aliphatic rings. The van der Waals surface area contributed by atoms with Crippen LogP contribution in [0.15, 0.2) is 62.8 Å². The minimum absolute atomic E-state index is 0.0273. The van der Waals surface area contributed by atoms with E-state index in [0.29, 0.717) is 24.3 Å². The van der Waals surface area contributed by atoms with Crippen molar-refractivity contribution in [2.45, 2.75) is 29.5 Å². The topological polar surface area (TPSA) is 95.6 Å². The van der Waals surface area contributed by atoms with E-state index in [-0.39, 0.29) is 28.5 Å². The van der Waals surface area contributed by atoms with Crippen molar-refractivity contribution >= 4 is 50.2 Å². The Bertz CT molecular complexity index is 1150. The zero-order valence-corrected chi connectivity index (χ0v) is 19.6. The summed E-state index contributed by atoms with van der Waals surface area (Å²) in [4.78, 5) is 26.7. The summed E-state index contributed by atoms with van der Waals surface area (Å²) in [7, 11) is -3.59. The van der Waals surface area contributed by atoms with Crippen LogP contribution in [0.1, 0.15) is 28.8 Å². The molecule has 1 saturated heterocycles. The predicted molar refractivity (Wildman–Crippen MR) is 127 cm³/mol. The molecule has 3 heterocycles. The molecule has 0 aliphatic carbocycles. The van der Waals surface area contributed by atoms with Crippen molar-refractivity contribution in [3.63, 3.8) is 0 Å². The molecular weight excluding hydrogens is 466 g/mol. The van der Waals surface area contributed by atoms with Crippen LogP contribution in [0.25, 0.3) is 0 Å². The monoisotopic (exact) mass is 489 g/mol. The maximum absolute atomic E-state index is 12.7. The van der Waals surface area contributed by atoms with Gasteiger partial charge in [-0.15, -0.1) is 11.3 Å². The lowest BCUT2D eigenvalue weighted by atomic mass is 10.0. The van der Waals surface area contributed by atoms with Gasteiger partial charge in [-0.3, -0.25) is 14.3 Å². The number of carbonyl (C=O) groups excluding carboxylic acids is 2. The Kier molecular flexibility index (Phi) is 6.92. The first-order valence-corrected chi connectivity index (χ1v) is 13.5. The maximum Gasteiger partial charge on any atom is 0.271 e. The highest BCUT2D eigenvalue weighted by Gasteiger charge is 2.24. The molecule has 168 valence electrons. The van der Waals surface area contributed by atoms with E-state index in [1.165, 1.54) is 11.3 Å². The van der Waals surface area contributed by atoms with Gasteiger partial charge in [0.25, 0.3) is 15.9 Å². The summed E-state index contributed by atoms with van der Waals surface area (Å²) < 4.78 is 27.4. The second kappa shape index (κ2) is 9.85. The van der Waals surface area contributed by atoms with Gasteiger partial charge in [-0.2, -0.15) is 11.3 Å². The van der Waals surface area contributed by atoms with Crippen molar-refractivity contribution < 1.29 is 18.0 Å². The Morgan fingerprint density at radius 2 is 1.78 bits per heavy atom. The Morgan fingerprint density at radius 3 is 2.41 bits per heavy atom. The van der Waals surface area contributed by atoms with E-state index in [2.05, 4.69) is 10.0 Å². The van der Waals surface area contributed by atoms with Crippen LogP contribution >= 0.6 is 22.7 Å². The molecule has 0 bridgehead atoms. The second-order valence-electron chi connectivity index (χ2n) is 7.55. The molecule has 32 heavy (non-hydrogen) atoms. The number of benzene rings is 1. The Balaban J connectivity index is 1.26. The molecule has 0 spiro atoms. The summed E-state index contributed by atoms with van der Waals surface area (Å²) in [6.07, 6.45) is 1.71. The number of sulfonamides is 1. The summed E-state index contributed by atoms with van der Waals surface area (Å²) in [5, 5.41) is 8.45. The van der Waals surface area contributed by atoms with Crippen LogP contribution in [0.2, 0.25) is 0 Å². The highest BCUT2D eigenvalue weighted by Crippen LogP contribution is 2.21. The molecule has 2 N–H and O–H groups in total. The fraction of sp³-hybridized carbons (Fsp3) is 0.273. The summed E-state index contributed by atoms with van der Waals surface area (Å²) in [5.41, 5.74) is 1.95. The van der Waals surface area contributed by atoms with Gasteiger partial charge in [-0.1, -0.05) is 18.2 Å². The SMILES string of the molecule is O=C(NC1CCN(C(=O)Cc2ccc(NS(=O)(=O)c3cccs3)cc2)CC1)c1ccsc1. The molecule has 4 rings (SSSR count). The third kappa shape index (κ3) is 5.56. The van der Waals surface area contributed by atoms with E-state index in [0.717, 1.165) is 29.7 Å². The van der Waals surface area contributed by atoms with Crippen LogP contribution in [-0.4, -0.2) is 44.3 Å². The van der Waals surface area contributed by atoms with E-state index in [4.69, 9.17) is 0 Å². The average molecular weight is 490 g/mol. The lowest BCUT2D eigenvalue weighted by Gasteiger charge is -2.32. The van der Waals surface area contributed by atoms with Crippen molar-refractivity contribution in [2.24, 2.45) is 0 Å². The van der Waals surface area contributed by atoms with Crippen LogP contribution in [0.3, 0.4) is 0 Å². The van der Waals surface area contributed by atoms with Gasteiger partial charge in [0.05, 0.1) is 6.42 Å². The lowest BCUT2D eigenvalue weighted by Crippen LogP contribution is -2.46. The number of nitrogens with one attached hydrogen (secondary N) is 2. The molecule has 0 unspecified atom stereocenters. The summed E-state index contributed by atoms with van der Waals surface area (Å²) in [6, 6.07) is 12.0. The number of amides is 2. The fourth-order valence-electron chi connectivity index (χ4n) is 3.53. The molecular formula is C22H23N3O4S3. The maximum atomic E-state index is 12.7. The largest absolute Gasteiger partial charge is 0.349 e. The number of anilines is 1. The molecule has 1 aromatic carbocycles. The molecule has 0 saturated carbocycles. The predicted octanol–water partition coefficient (Wildman–Crippen LogP) is 3.57. The second-order valence-corrected chi connectivity index (χ2v) is 11.2. The van der Waals surface area contributed by atoms with Crippen molar-refractivity contribution in [3.8, 4) is 0 Å². The van der Waals surface area contributed by atoms with Gasteiger partial charge in [0.15, 0.2) is 0 Å². The number of nitrogens with zero attached hydrogens (tertiary/aromatic N) is 1. The lowest BCUT2D eigenvalue weighted by molar-refractivity contribution is -0.131. The summed E-state index contributed by atoms with van der Waals surface area (Å²) in [5.74, 6) is -0.0367. The van der Waals surface area contributed by atoms with E-state index in [9.17, 15) is 18.0 Å². The standard InChI is InChI=1S/C22H23N3O4S3/c26-20(25-10-7-18(8-11-25)23-22(27)17-9-13-30-15-17)14-16-3-5-19(6-4-16)24-32(28,29)21-2-1-12-31-21/h1-6,9,12-13,15,18,24H,7-8,10-11,14H2,(H,23,27). The average Bonchev–Trinajstić information content (AvgIpc) is 3.50. The van der Waals surface area contributed by atoms with Crippen LogP contribution < -0.4 is 10.0 Å². The first-order chi connectivity index (χ1) is 15.4. The van der Waals surface area contributed by atoms with Gasteiger partial charge in [0.1, 0.15) is 4.21 Å². The smallest absolute Gasteiger partial charge is 0.271 e. The van der Waals surface area contributed by atoms with Crippen molar-refractivity contribution in [1.29, 1.82) is 0 Å². The molecule has 3 aromatic rings. The molecule has 10 heteroatoms. The first kappa shape index (κ1) is 22.5. The van der Waals surface area contributed by atoms with E-state index < -0.39 is 10.0 Å². The fourth-order valence-corrected chi connectivity index (χ4v) is 6.22. The number of thiophene rings is 2. The number of hydrogen-bond donors (Lipinski definition) is 2. The van der Waals surface area contributed by atoms with E-state index in [1.807, 2.05) is 15.7 Å². The van der Waals surface area contributed by atoms with Gasteiger partial charge >= 0.3 is 0 Å². The summed E-state index contributed by atoms with van der Waals surface area (Å²) >= 11 is 2.65. The van der Waals surface area contributed by atoms with Crippen molar-refractivity contribution in [1.82, 2.24) is 10.2 Å². The minimum atomic E-state index is -3.59. The number of carbonyl (C=O) groups is 2. The van der Waals surface area contributed by atoms with Crippen LogP contribution in [-0.2, 0) is 21.2 Å². The quantitative estimate of drug-likeness (QED) is 0.530. The molecule has 1 fully saturated rings. The zero-order valence-electron chi connectivity index (χ0n) is 17.2. The number of rotatable bonds is 7. The Morgan fingerprint density at radius 1 is 1.03 bits per heavy atom. The van der Waals surface area contributed by atoms with Gasteiger partial charge in [0.2, 0.25) is 5.91 Å². The molecule has 2 amide bonds. The Labute approximate surface area is 195 Å². The van der Waals surface area contributed by atoms with Gasteiger partial charge in [-0.05, 0) is 53.4 Å². The van der Waals surface area contributed by atoms with Crippen LogP contribution in [0.4, 0.5) is 5.69 Å². The minimum Gasteiger partial charge on any atom is -0.349 e. The number of piperidine rings is 1. The number of likely N-dealkylation sites (tertiary alicyclic amines) is 1. The van der Waals surface area contributed by atoms with Crippen molar-refractivity contribution in [3.05, 3.63) is 69.7 Å². The van der Waals surface area contributed by atoms with Gasteiger partial charge in [-0.25, -0.2) is 8.42 Å². The van der Waals surface area contributed by atoms with Gasteiger partial charge < -0.3 is 10.2 Å². The first-order valence-electron chi connectivity index (χ1n) is 10.2. The molecule has 2 aromatic heterocycles. The molecule has 1 aliphatic heterocycles. The molecule has 7 nitrogen and oxygen atoms in total.